The van der Waals surface area contributed by atoms with Crippen LogP contribution in [0.1, 0.15) is 38.8 Å². The Hall–Kier alpha value is -2.58. The number of amides is 2. The third-order valence-corrected chi connectivity index (χ3v) is 6.62. The second kappa shape index (κ2) is 11.2. The van der Waals surface area contributed by atoms with Crippen LogP contribution in [0.15, 0.2) is 48.5 Å². The normalized spacial score (nSPS) is 12.7. The summed E-state index contributed by atoms with van der Waals surface area (Å²) in [4.78, 5) is 27.8. The van der Waals surface area contributed by atoms with Crippen LogP contribution in [-0.2, 0) is 26.0 Å². The second-order valence-corrected chi connectivity index (χ2v) is 11.8. The van der Waals surface area contributed by atoms with E-state index in [4.69, 9.17) is 11.6 Å². The molecule has 7 nitrogen and oxygen atoms in total. The van der Waals surface area contributed by atoms with E-state index in [2.05, 4.69) is 5.32 Å². The molecule has 2 aromatic carbocycles. The van der Waals surface area contributed by atoms with Gasteiger partial charge in [0.15, 0.2) is 0 Å². The Bertz CT molecular complexity index is 1110. The summed E-state index contributed by atoms with van der Waals surface area (Å²) in [6.45, 7) is 8.81. The largest absolute Gasteiger partial charge is 0.350 e. The number of halogens is 1. The average molecular weight is 508 g/mol. The van der Waals surface area contributed by atoms with Gasteiger partial charge in [-0.05, 0) is 70.4 Å². The first-order valence-corrected chi connectivity index (χ1v) is 13.3. The lowest BCUT2D eigenvalue weighted by atomic mass is 10.1. The highest BCUT2D eigenvalue weighted by atomic mass is 35.5. The van der Waals surface area contributed by atoms with Crippen LogP contribution in [0.25, 0.3) is 0 Å². The molecule has 34 heavy (non-hydrogen) atoms. The smallest absolute Gasteiger partial charge is 0.244 e. The first kappa shape index (κ1) is 27.7. The lowest BCUT2D eigenvalue weighted by Gasteiger charge is -2.33. The third-order valence-electron chi connectivity index (χ3n) is 5.26. The molecule has 186 valence electrons. The molecule has 0 unspecified atom stereocenters. The van der Waals surface area contributed by atoms with Crippen molar-refractivity contribution in [1.29, 1.82) is 0 Å². The van der Waals surface area contributed by atoms with Gasteiger partial charge in [0.25, 0.3) is 0 Å². The SMILES string of the molecule is Cc1cc(Cl)ccc1N(CC(=O)N(CCc1ccccc1)[C@@H](C)C(=O)NC(C)(C)C)S(C)(=O)=O. The van der Waals surface area contributed by atoms with Crippen molar-refractivity contribution in [2.45, 2.75) is 52.6 Å². The molecule has 0 bridgehead atoms. The first-order valence-electron chi connectivity index (χ1n) is 11.1. The molecule has 9 heteroatoms. The number of sulfonamides is 1. The molecule has 0 heterocycles. The van der Waals surface area contributed by atoms with Gasteiger partial charge in [0.1, 0.15) is 12.6 Å². The van der Waals surface area contributed by atoms with E-state index >= 15 is 0 Å². The molecule has 2 aromatic rings. The van der Waals surface area contributed by atoms with Crippen molar-refractivity contribution >= 4 is 39.1 Å². The molecule has 0 fully saturated rings. The maximum Gasteiger partial charge on any atom is 0.244 e. The molecule has 1 N–H and O–H groups in total. The molecule has 0 saturated heterocycles. The van der Waals surface area contributed by atoms with Crippen molar-refractivity contribution < 1.29 is 18.0 Å². The summed E-state index contributed by atoms with van der Waals surface area (Å²) < 4.78 is 26.3. The summed E-state index contributed by atoms with van der Waals surface area (Å²) in [5.41, 5.74) is 1.53. The monoisotopic (exact) mass is 507 g/mol. The summed E-state index contributed by atoms with van der Waals surface area (Å²) >= 11 is 6.03. The van der Waals surface area contributed by atoms with Gasteiger partial charge in [-0.25, -0.2) is 8.42 Å². The summed E-state index contributed by atoms with van der Waals surface area (Å²) in [6.07, 6.45) is 1.58. The molecule has 0 spiro atoms. The number of rotatable bonds is 9. The molecule has 2 amide bonds. The Morgan fingerprint density at radius 1 is 1.09 bits per heavy atom. The van der Waals surface area contributed by atoms with Gasteiger partial charge in [-0.3, -0.25) is 13.9 Å². The van der Waals surface area contributed by atoms with Crippen molar-refractivity contribution in [2.75, 3.05) is 23.7 Å². The number of carbonyl (C=O) groups is 2. The van der Waals surface area contributed by atoms with Crippen LogP contribution in [0.4, 0.5) is 5.69 Å². The van der Waals surface area contributed by atoms with Gasteiger partial charge in [0.05, 0.1) is 11.9 Å². The average Bonchev–Trinajstić information content (AvgIpc) is 2.71. The summed E-state index contributed by atoms with van der Waals surface area (Å²) in [5, 5.41) is 3.37. The fraction of sp³-hybridized carbons (Fsp3) is 0.440. The topological polar surface area (TPSA) is 86.8 Å². The van der Waals surface area contributed by atoms with E-state index in [9.17, 15) is 18.0 Å². The van der Waals surface area contributed by atoms with Crippen LogP contribution >= 0.6 is 11.6 Å². The highest BCUT2D eigenvalue weighted by Crippen LogP contribution is 2.26. The van der Waals surface area contributed by atoms with Crippen LogP contribution < -0.4 is 9.62 Å². The van der Waals surface area contributed by atoms with Crippen LogP contribution in [0.3, 0.4) is 0 Å². The lowest BCUT2D eigenvalue weighted by molar-refractivity contribution is -0.139. The van der Waals surface area contributed by atoms with Crippen LogP contribution in [0, 0.1) is 6.92 Å². The van der Waals surface area contributed by atoms with Crippen molar-refractivity contribution in [3.05, 3.63) is 64.7 Å². The zero-order chi connectivity index (χ0) is 25.7. The van der Waals surface area contributed by atoms with Crippen molar-refractivity contribution in [2.24, 2.45) is 0 Å². The van der Waals surface area contributed by atoms with Gasteiger partial charge >= 0.3 is 0 Å². The molecule has 0 aromatic heterocycles. The van der Waals surface area contributed by atoms with Gasteiger partial charge in [-0.15, -0.1) is 0 Å². The summed E-state index contributed by atoms with van der Waals surface area (Å²) in [6, 6.07) is 13.6. The second-order valence-electron chi connectivity index (χ2n) is 9.44. The maximum atomic E-state index is 13.5. The highest BCUT2D eigenvalue weighted by molar-refractivity contribution is 7.92. The van der Waals surface area contributed by atoms with Crippen molar-refractivity contribution in [3.63, 3.8) is 0 Å². The van der Waals surface area contributed by atoms with E-state index in [1.54, 1.807) is 32.0 Å². The number of nitrogens with zero attached hydrogens (tertiary/aromatic N) is 2. The Labute approximate surface area is 208 Å². The minimum atomic E-state index is -3.78. The quantitative estimate of drug-likeness (QED) is 0.559. The molecule has 1 atom stereocenters. The van der Waals surface area contributed by atoms with Crippen LogP contribution in [0.5, 0.6) is 0 Å². The van der Waals surface area contributed by atoms with Gasteiger partial charge in [-0.2, -0.15) is 0 Å². The zero-order valence-electron chi connectivity index (χ0n) is 20.6. The molecular weight excluding hydrogens is 474 g/mol. The summed E-state index contributed by atoms with van der Waals surface area (Å²) in [7, 11) is -3.78. The van der Waals surface area contributed by atoms with E-state index in [-0.39, 0.29) is 12.5 Å². The number of carbonyl (C=O) groups excluding carboxylic acids is 2. The van der Waals surface area contributed by atoms with Gasteiger partial charge in [-0.1, -0.05) is 41.9 Å². The molecule has 0 saturated carbocycles. The molecule has 2 rings (SSSR count). The number of anilines is 1. The van der Waals surface area contributed by atoms with E-state index < -0.39 is 34.1 Å². The maximum absolute atomic E-state index is 13.5. The Kier molecular flexibility index (Phi) is 9.14. The standard InChI is InChI=1S/C25H34ClN3O4S/c1-18-16-21(26)12-13-22(18)29(34(6,32)33)17-23(30)28(15-14-20-10-8-7-9-11-20)19(2)24(31)27-25(3,4)5/h7-13,16,19H,14-15,17H2,1-6H3,(H,27,31)/t19-/m0/s1. The Morgan fingerprint density at radius 3 is 2.24 bits per heavy atom. The predicted molar refractivity (Wildman–Crippen MR) is 138 cm³/mol. The Morgan fingerprint density at radius 2 is 1.71 bits per heavy atom. The van der Waals surface area contributed by atoms with Gasteiger partial charge in [0.2, 0.25) is 21.8 Å². The van der Waals surface area contributed by atoms with Crippen molar-refractivity contribution in [1.82, 2.24) is 10.2 Å². The summed E-state index contributed by atoms with van der Waals surface area (Å²) in [5.74, 6) is -0.769. The minimum Gasteiger partial charge on any atom is -0.350 e. The highest BCUT2D eigenvalue weighted by Gasteiger charge is 2.31. The fourth-order valence-electron chi connectivity index (χ4n) is 3.54. The molecular formula is C25H34ClN3O4S. The third kappa shape index (κ3) is 8.02. The minimum absolute atomic E-state index is 0.263. The Balaban J connectivity index is 2.36. The number of hydrogen-bond donors (Lipinski definition) is 1. The zero-order valence-corrected chi connectivity index (χ0v) is 22.2. The number of nitrogens with one attached hydrogen (secondary N) is 1. The van der Waals surface area contributed by atoms with Gasteiger partial charge < -0.3 is 10.2 Å². The van der Waals surface area contributed by atoms with E-state index in [0.29, 0.717) is 22.7 Å². The van der Waals surface area contributed by atoms with E-state index in [1.165, 1.54) is 4.90 Å². The first-order chi connectivity index (χ1) is 15.7. The number of aryl methyl sites for hydroxylation is 1. The van der Waals surface area contributed by atoms with E-state index in [1.807, 2.05) is 51.1 Å². The molecule has 0 aliphatic heterocycles. The number of benzene rings is 2. The predicted octanol–water partition coefficient (Wildman–Crippen LogP) is 3.79. The number of hydrogen-bond acceptors (Lipinski definition) is 4. The fourth-order valence-corrected chi connectivity index (χ4v) is 4.67. The van der Waals surface area contributed by atoms with Crippen LogP contribution in [0.2, 0.25) is 5.02 Å². The molecule has 0 radical (unpaired) electrons. The molecule has 0 aliphatic carbocycles. The van der Waals surface area contributed by atoms with Crippen LogP contribution in [-0.4, -0.2) is 56.1 Å². The lowest BCUT2D eigenvalue weighted by Crippen LogP contribution is -2.55. The van der Waals surface area contributed by atoms with Gasteiger partial charge in [0, 0.05) is 17.1 Å². The molecule has 0 aliphatic rings. The van der Waals surface area contributed by atoms with E-state index in [0.717, 1.165) is 16.1 Å². The van der Waals surface area contributed by atoms with Crippen molar-refractivity contribution in [3.8, 4) is 0 Å².